The molecule has 1 heterocycles. The van der Waals surface area contributed by atoms with Gasteiger partial charge in [-0.1, -0.05) is 18.2 Å². The van der Waals surface area contributed by atoms with Gasteiger partial charge in [0.15, 0.2) is 0 Å². The van der Waals surface area contributed by atoms with Gasteiger partial charge in [-0.3, -0.25) is 0 Å². The summed E-state index contributed by atoms with van der Waals surface area (Å²) in [6.07, 6.45) is 5.57. The van der Waals surface area contributed by atoms with E-state index in [9.17, 15) is 0 Å². The minimum atomic E-state index is 0.834. The van der Waals surface area contributed by atoms with Crippen LogP contribution in [0.5, 0.6) is 0 Å². The first-order valence-electron chi connectivity index (χ1n) is 5.31. The Kier molecular flexibility index (Phi) is 3.51. The van der Waals surface area contributed by atoms with E-state index in [0.29, 0.717) is 0 Å². The van der Waals surface area contributed by atoms with E-state index < -0.39 is 0 Å². The van der Waals surface area contributed by atoms with Gasteiger partial charge in [0.25, 0.3) is 0 Å². The van der Waals surface area contributed by atoms with Gasteiger partial charge in [0.2, 0.25) is 0 Å². The highest BCUT2D eigenvalue weighted by atomic mass is 15.3. The Morgan fingerprint density at radius 3 is 2.75 bits per heavy atom. The first-order chi connectivity index (χ1) is 7.90. The fraction of sp³-hybridized carbons (Fsp3) is 0.154. The molecule has 0 fully saturated rings. The minimum absolute atomic E-state index is 0.834. The monoisotopic (exact) mass is 213 g/mol. The molecule has 16 heavy (non-hydrogen) atoms. The van der Waals surface area contributed by atoms with Crippen LogP contribution >= 0.6 is 0 Å². The largest absolute Gasteiger partial charge is 0.309 e. The molecule has 0 amide bonds. The van der Waals surface area contributed by atoms with Crippen molar-refractivity contribution in [2.75, 3.05) is 6.54 Å². The molecule has 0 radical (unpaired) electrons. The molecule has 0 spiro atoms. The second kappa shape index (κ2) is 5.28. The topological polar surface area (TPSA) is 29.9 Å². The van der Waals surface area contributed by atoms with Gasteiger partial charge in [-0.25, -0.2) is 4.68 Å². The number of hydrogen-bond donors (Lipinski definition) is 1. The van der Waals surface area contributed by atoms with Gasteiger partial charge in [0.1, 0.15) is 0 Å². The lowest BCUT2D eigenvalue weighted by Crippen LogP contribution is -2.12. The van der Waals surface area contributed by atoms with Gasteiger partial charge in [-0.15, -0.1) is 6.58 Å². The summed E-state index contributed by atoms with van der Waals surface area (Å²) >= 11 is 0. The maximum absolute atomic E-state index is 4.18. The van der Waals surface area contributed by atoms with E-state index in [1.54, 1.807) is 6.20 Å². The van der Waals surface area contributed by atoms with Gasteiger partial charge in [-0.2, -0.15) is 5.10 Å². The second-order valence-corrected chi connectivity index (χ2v) is 3.54. The molecule has 0 saturated carbocycles. The van der Waals surface area contributed by atoms with E-state index >= 15 is 0 Å². The van der Waals surface area contributed by atoms with Gasteiger partial charge in [0, 0.05) is 25.5 Å². The van der Waals surface area contributed by atoms with Crippen molar-refractivity contribution in [1.82, 2.24) is 15.1 Å². The fourth-order valence-electron chi connectivity index (χ4n) is 1.51. The number of hydrogen-bond acceptors (Lipinski definition) is 2. The zero-order valence-electron chi connectivity index (χ0n) is 9.13. The van der Waals surface area contributed by atoms with Gasteiger partial charge >= 0.3 is 0 Å². The number of nitrogens with zero attached hydrogens (tertiary/aromatic N) is 2. The smallest absolute Gasteiger partial charge is 0.0645 e. The summed E-state index contributed by atoms with van der Waals surface area (Å²) in [5.74, 6) is 0. The summed E-state index contributed by atoms with van der Waals surface area (Å²) < 4.78 is 1.85. The molecule has 0 atom stereocenters. The normalized spacial score (nSPS) is 10.2. The Morgan fingerprint density at radius 2 is 2.12 bits per heavy atom. The highest BCUT2D eigenvalue weighted by molar-refractivity contribution is 5.33. The van der Waals surface area contributed by atoms with Crippen molar-refractivity contribution >= 4 is 0 Å². The maximum atomic E-state index is 4.18. The first kappa shape index (κ1) is 10.6. The summed E-state index contributed by atoms with van der Waals surface area (Å²) in [7, 11) is 0. The molecular formula is C13H15N3. The average molecular weight is 213 g/mol. The van der Waals surface area contributed by atoms with E-state index in [-0.39, 0.29) is 0 Å². The van der Waals surface area contributed by atoms with Gasteiger partial charge in [-0.05, 0) is 23.8 Å². The van der Waals surface area contributed by atoms with E-state index in [0.717, 1.165) is 18.8 Å². The number of nitrogens with one attached hydrogen (secondary N) is 1. The molecule has 2 rings (SSSR count). The lowest BCUT2D eigenvalue weighted by molar-refractivity contribution is 0.759. The Hall–Kier alpha value is -1.87. The van der Waals surface area contributed by atoms with Crippen LogP contribution in [0.15, 0.2) is 55.4 Å². The van der Waals surface area contributed by atoms with E-state index in [1.807, 2.05) is 23.0 Å². The third-order valence-electron chi connectivity index (χ3n) is 2.32. The molecule has 1 aromatic carbocycles. The molecule has 0 bridgehead atoms. The molecule has 0 unspecified atom stereocenters. The van der Waals surface area contributed by atoms with E-state index in [1.165, 1.54) is 5.56 Å². The highest BCUT2D eigenvalue weighted by Crippen LogP contribution is 2.08. The average Bonchev–Trinajstić information content (AvgIpc) is 2.84. The van der Waals surface area contributed by atoms with Crippen LogP contribution in [-0.2, 0) is 6.54 Å². The van der Waals surface area contributed by atoms with Gasteiger partial charge in [0.05, 0.1) is 5.69 Å². The predicted octanol–water partition coefficient (Wildman–Crippen LogP) is 2.15. The molecule has 82 valence electrons. The molecule has 1 N–H and O–H groups in total. The molecular weight excluding hydrogens is 198 g/mol. The second-order valence-electron chi connectivity index (χ2n) is 3.54. The van der Waals surface area contributed by atoms with Crippen LogP contribution in [0.2, 0.25) is 0 Å². The van der Waals surface area contributed by atoms with Crippen molar-refractivity contribution in [3.05, 3.63) is 60.9 Å². The highest BCUT2D eigenvalue weighted by Gasteiger charge is 1.96. The molecule has 3 heteroatoms. The SMILES string of the molecule is C=CCNCc1ccc(-n2cccn2)cc1. The molecule has 0 aliphatic heterocycles. The van der Waals surface area contributed by atoms with E-state index in [4.69, 9.17) is 0 Å². The van der Waals surface area contributed by atoms with Gasteiger partial charge < -0.3 is 5.32 Å². The molecule has 0 aliphatic carbocycles. The Morgan fingerprint density at radius 1 is 1.31 bits per heavy atom. The van der Waals surface area contributed by atoms with Crippen LogP contribution in [0.1, 0.15) is 5.56 Å². The standard InChI is InChI=1S/C13H15N3/c1-2-8-14-11-12-4-6-13(7-5-12)16-10-3-9-15-16/h2-7,9-10,14H,1,8,11H2. The third-order valence-corrected chi connectivity index (χ3v) is 2.32. The fourth-order valence-corrected chi connectivity index (χ4v) is 1.51. The third kappa shape index (κ3) is 2.58. The van der Waals surface area contributed by atoms with Crippen molar-refractivity contribution in [2.24, 2.45) is 0 Å². The quantitative estimate of drug-likeness (QED) is 0.609. The maximum Gasteiger partial charge on any atom is 0.0645 e. The van der Waals surface area contributed by atoms with Crippen LogP contribution in [0.4, 0.5) is 0 Å². The number of rotatable bonds is 5. The molecule has 2 aromatic rings. The minimum Gasteiger partial charge on any atom is -0.309 e. The zero-order valence-corrected chi connectivity index (χ0v) is 9.13. The van der Waals surface area contributed by atoms with Crippen LogP contribution in [0.3, 0.4) is 0 Å². The molecule has 0 saturated heterocycles. The Bertz CT molecular complexity index is 429. The number of aromatic nitrogens is 2. The Labute approximate surface area is 95.4 Å². The Balaban J connectivity index is 2.02. The van der Waals surface area contributed by atoms with Crippen LogP contribution in [-0.4, -0.2) is 16.3 Å². The van der Waals surface area contributed by atoms with Crippen LogP contribution < -0.4 is 5.32 Å². The summed E-state index contributed by atoms with van der Waals surface area (Å²) in [5, 5.41) is 7.44. The van der Waals surface area contributed by atoms with Crippen molar-refractivity contribution in [1.29, 1.82) is 0 Å². The summed E-state index contributed by atoms with van der Waals surface area (Å²) in [4.78, 5) is 0. The predicted molar refractivity (Wildman–Crippen MR) is 65.5 cm³/mol. The van der Waals surface area contributed by atoms with Crippen molar-refractivity contribution < 1.29 is 0 Å². The summed E-state index contributed by atoms with van der Waals surface area (Å²) in [5.41, 5.74) is 2.34. The lowest BCUT2D eigenvalue weighted by atomic mass is 10.2. The first-order valence-corrected chi connectivity index (χ1v) is 5.31. The van der Waals surface area contributed by atoms with Crippen LogP contribution in [0.25, 0.3) is 5.69 Å². The summed E-state index contributed by atoms with van der Waals surface area (Å²) in [6, 6.07) is 10.3. The van der Waals surface area contributed by atoms with Crippen molar-refractivity contribution in [3.8, 4) is 5.69 Å². The zero-order chi connectivity index (χ0) is 11.2. The van der Waals surface area contributed by atoms with E-state index in [2.05, 4.69) is 41.3 Å². The lowest BCUT2D eigenvalue weighted by Gasteiger charge is -2.04. The van der Waals surface area contributed by atoms with Crippen molar-refractivity contribution in [2.45, 2.75) is 6.54 Å². The van der Waals surface area contributed by atoms with Crippen molar-refractivity contribution in [3.63, 3.8) is 0 Å². The number of benzene rings is 1. The molecule has 1 aromatic heterocycles. The van der Waals surface area contributed by atoms with Crippen LogP contribution in [0, 0.1) is 0 Å². The molecule has 3 nitrogen and oxygen atoms in total. The molecule has 0 aliphatic rings. The summed E-state index contributed by atoms with van der Waals surface area (Å²) in [6.45, 7) is 5.37.